The highest BCUT2D eigenvalue weighted by Gasteiger charge is 2.28. The van der Waals surface area contributed by atoms with Crippen LogP contribution in [0.15, 0.2) is 36.5 Å². The van der Waals surface area contributed by atoms with Gasteiger partial charge in [-0.1, -0.05) is 11.3 Å². The third-order valence-corrected chi connectivity index (χ3v) is 4.25. The molecule has 0 spiro atoms. The van der Waals surface area contributed by atoms with Crippen LogP contribution in [0.1, 0.15) is 17.3 Å². The first kappa shape index (κ1) is 19.5. The lowest BCUT2D eigenvalue weighted by Gasteiger charge is -2.08. The number of carbonyl (C=O) groups is 2. The van der Waals surface area contributed by atoms with E-state index in [2.05, 4.69) is 25.3 Å². The van der Waals surface area contributed by atoms with Gasteiger partial charge in [-0.15, -0.1) is 0 Å². The van der Waals surface area contributed by atoms with E-state index in [-0.39, 0.29) is 17.4 Å². The molecular formula is C17H13F3N4O3S. The minimum Gasteiger partial charge on any atom is -0.468 e. The summed E-state index contributed by atoms with van der Waals surface area (Å²) >= 11 is 1.21. The summed E-state index contributed by atoms with van der Waals surface area (Å²) in [6.45, 7) is -0.0618. The van der Waals surface area contributed by atoms with E-state index in [1.54, 1.807) is 18.2 Å². The van der Waals surface area contributed by atoms with Crippen LogP contribution >= 0.6 is 11.3 Å². The lowest BCUT2D eigenvalue weighted by Crippen LogP contribution is -2.19. The van der Waals surface area contributed by atoms with E-state index in [4.69, 9.17) is 0 Å². The molecule has 28 heavy (non-hydrogen) atoms. The third-order valence-electron chi connectivity index (χ3n) is 3.31. The molecule has 3 aromatic rings. The Morgan fingerprint density at radius 1 is 1.18 bits per heavy atom. The zero-order valence-corrected chi connectivity index (χ0v) is 15.1. The first-order valence-corrected chi connectivity index (χ1v) is 8.66. The number of rotatable bonds is 5. The van der Waals surface area contributed by atoms with Crippen LogP contribution in [0.5, 0.6) is 5.88 Å². The summed E-state index contributed by atoms with van der Waals surface area (Å²) in [5.74, 6) is -0.956. The van der Waals surface area contributed by atoms with E-state index in [0.717, 1.165) is 10.9 Å². The standard InChI is InChI=1S/C17H13F3N4O3S/c1-9(25)22-11-3-4-12-13(6-11)28-16(23-12)24-15(26)10-2-5-14(21-7-10)27-8-17(18,19)20/h2-7H,8H2,1H3,(H,22,25)(H,23,24,26). The molecule has 0 saturated heterocycles. The molecule has 0 aliphatic rings. The van der Waals surface area contributed by atoms with Crippen LogP contribution in [0.2, 0.25) is 0 Å². The van der Waals surface area contributed by atoms with Crippen molar-refractivity contribution in [1.82, 2.24) is 9.97 Å². The highest BCUT2D eigenvalue weighted by atomic mass is 32.1. The van der Waals surface area contributed by atoms with E-state index in [1.807, 2.05) is 0 Å². The van der Waals surface area contributed by atoms with Crippen LogP contribution in [0.3, 0.4) is 0 Å². The molecule has 0 radical (unpaired) electrons. The van der Waals surface area contributed by atoms with Crippen LogP contribution in [0.4, 0.5) is 24.0 Å². The van der Waals surface area contributed by atoms with Crippen molar-refractivity contribution in [2.75, 3.05) is 17.2 Å². The Balaban J connectivity index is 1.67. The summed E-state index contributed by atoms with van der Waals surface area (Å²) in [5, 5.41) is 5.59. The number of aromatic nitrogens is 2. The average Bonchev–Trinajstić information content (AvgIpc) is 3.00. The quantitative estimate of drug-likeness (QED) is 0.667. The van der Waals surface area contributed by atoms with E-state index >= 15 is 0 Å². The molecule has 0 aliphatic heterocycles. The number of hydrogen-bond donors (Lipinski definition) is 2. The number of fused-ring (bicyclic) bond motifs is 1. The van der Waals surface area contributed by atoms with E-state index < -0.39 is 18.7 Å². The van der Waals surface area contributed by atoms with Gasteiger partial charge in [0, 0.05) is 24.9 Å². The monoisotopic (exact) mass is 410 g/mol. The molecule has 2 N–H and O–H groups in total. The average molecular weight is 410 g/mol. The summed E-state index contributed by atoms with van der Waals surface area (Å²) in [6, 6.07) is 7.62. The molecule has 146 valence electrons. The molecule has 2 amide bonds. The second kappa shape index (κ2) is 7.80. The van der Waals surface area contributed by atoms with Gasteiger partial charge in [0.2, 0.25) is 11.8 Å². The van der Waals surface area contributed by atoms with Gasteiger partial charge >= 0.3 is 6.18 Å². The van der Waals surface area contributed by atoms with E-state index in [1.165, 1.54) is 30.4 Å². The second-order valence-corrected chi connectivity index (χ2v) is 6.66. The van der Waals surface area contributed by atoms with Crippen LogP contribution in [0, 0.1) is 0 Å². The Labute approximate surface area is 160 Å². The first-order chi connectivity index (χ1) is 13.2. The molecule has 0 bridgehead atoms. The maximum absolute atomic E-state index is 12.3. The van der Waals surface area contributed by atoms with Crippen molar-refractivity contribution in [3.8, 4) is 5.88 Å². The van der Waals surface area contributed by atoms with Crippen molar-refractivity contribution in [3.63, 3.8) is 0 Å². The molecule has 0 atom stereocenters. The minimum absolute atomic E-state index is 0.137. The number of pyridine rings is 1. The number of hydrogen-bond acceptors (Lipinski definition) is 6. The smallest absolute Gasteiger partial charge is 0.422 e. The SMILES string of the molecule is CC(=O)Nc1ccc2nc(NC(=O)c3ccc(OCC(F)(F)F)nc3)sc2c1. The lowest BCUT2D eigenvalue weighted by atomic mass is 10.3. The number of alkyl halides is 3. The van der Waals surface area contributed by atoms with Crippen LogP contribution in [0.25, 0.3) is 10.2 Å². The van der Waals surface area contributed by atoms with Gasteiger partial charge in [-0.05, 0) is 24.3 Å². The van der Waals surface area contributed by atoms with Crippen molar-refractivity contribution in [2.24, 2.45) is 0 Å². The molecule has 11 heteroatoms. The number of ether oxygens (including phenoxy) is 1. The summed E-state index contributed by atoms with van der Waals surface area (Å²) in [5.41, 5.74) is 1.39. The van der Waals surface area contributed by atoms with Gasteiger partial charge in [-0.3, -0.25) is 14.9 Å². The first-order valence-electron chi connectivity index (χ1n) is 7.85. The summed E-state index contributed by atoms with van der Waals surface area (Å²) < 4.78 is 41.6. The number of thiazole rings is 1. The zero-order chi connectivity index (χ0) is 20.3. The van der Waals surface area contributed by atoms with E-state index in [9.17, 15) is 22.8 Å². The lowest BCUT2D eigenvalue weighted by molar-refractivity contribution is -0.154. The van der Waals surface area contributed by atoms with Crippen molar-refractivity contribution in [3.05, 3.63) is 42.1 Å². The topological polar surface area (TPSA) is 93.2 Å². The largest absolute Gasteiger partial charge is 0.468 e. The summed E-state index contributed by atoms with van der Waals surface area (Å²) in [4.78, 5) is 31.4. The number of nitrogens with one attached hydrogen (secondary N) is 2. The summed E-state index contributed by atoms with van der Waals surface area (Å²) in [6.07, 6.45) is -3.35. The Kier molecular flexibility index (Phi) is 5.45. The van der Waals surface area contributed by atoms with Crippen LogP contribution in [-0.4, -0.2) is 34.6 Å². The second-order valence-electron chi connectivity index (χ2n) is 5.63. The van der Waals surface area contributed by atoms with Crippen molar-refractivity contribution in [1.29, 1.82) is 0 Å². The molecule has 3 rings (SSSR count). The Morgan fingerprint density at radius 2 is 1.96 bits per heavy atom. The molecule has 1 aromatic carbocycles. The van der Waals surface area contributed by atoms with Gasteiger partial charge in [-0.25, -0.2) is 9.97 Å². The molecule has 0 saturated carbocycles. The predicted octanol–water partition coefficient (Wildman–Crippen LogP) is 3.84. The Morgan fingerprint density at radius 3 is 2.61 bits per heavy atom. The normalized spacial score (nSPS) is 11.3. The highest BCUT2D eigenvalue weighted by molar-refractivity contribution is 7.22. The maximum Gasteiger partial charge on any atom is 0.422 e. The van der Waals surface area contributed by atoms with Crippen molar-refractivity contribution in [2.45, 2.75) is 13.1 Å². The highest BCUT2D eigenvalue weighted by Crippen LogP contribution is 2.28. The molecule has 7 nitrogen and oxygen atoms in total. The van der Waals surface area contributed by atoms with Crippen molar-refractivity contribution >= 4 is 44.2 Å². The number of benzene rings is 1. The van der Waals surface area contributed by atoms with Gasteiger partial charge in [0.15, 0.2) is 11.7 Å². The van der Waals surface area contributed by atoms with Gasteiger partial charge in [0.1, 0.15) is 0 Å². The number of carbonyl (C=O) groups excluding carboxylic acids is 2. The number of amides is 2. The molecule has 0 fully saturated rings. The number of anilines is 2. The summed E-state index contributed by atoms with van der Waals surface area (Å²) in [7, 11) is 0. The van der Waals surface area contributed by atoms with Gasteiger partial charge in [0.25, 0.3) is 5.91 Å². The maximum atomic E-state index is 12.3. The van der Waals surface area contributed by atoms with E-state index in [0.29, 0.717) is 16.3 Å². The molecular weight excluding hydrogens is 397 g/mol. The van der Waals surface area contributed by atoms with Gasteiger partial charge < -0.3 is 10.1 Å². The predicted molar refractivity (Wildman–Crippen MR) is 97.7 cm³/mol. The fourth-order valence-electron chi connectivity index (χ4n) is 2.18. The molecule has 2 aromatic heterocycles. The van der Waals surface area contributed by atoms with Crippen LogP contribution < -0.4 is 15.4 Å². The van der Waals surface area contributed by atoms with Gasteiger partial charge in [-0.2, -0.15) is 13.2 Å². The van der Waals surface area contributed by atoms with Crippen LogP contribution in [-0.2, 0) is 4.79 Å². The molecule has 0 aliphatic carbocycles. The van der Waals surface area contributed by atoms with Crippen molar-refractivity contribution < 1.29 is 27.5 Å². The molecule has 0 unspecified atom stereocenters. The number of halogens is 3. The third kappa shape index (κ3) is 5.16. The minimum atomic E-state index is -4.47. The molecule has 2 heterocycles. The zero-order valence-electron chi connectivity index (χ0n) is 14.3. The fraction of sp³-hybridized carbons (Fsp3) is 0.176. The fourth-order valence-corrected chi connectivity index (χ4v) is 3.08. The van der Waals surface area contributed by atoms with Gasteiger partial charge in [0.05, 0.1) is 15.8 Å². The Hall–Kier alpha value is -3.21. The Bertz CT molecular complexity index is 1020. The number of nitrogens with zero attached hydrogens (tertiary/aromatic N) is 2.